The first-order valence-electron chi connectivity index (χ1n) is 19.7. The summed E-state index contributed by atoms with van der Waals surface area (Å²) in [6, 6.07) is 63.0. The lowest BCUT2D eigenvalue weighted by Crippen LogP contribution is -2.08. The lowest BCUT2D eigenvalue weighted by atomic mass is 9.91. The maximum absolute atomic E-state index is 6.50. The van der Waals surface area contributed by atoms with E-state index in [1.165, 1.54) is 55.1 Å². The number of nitrogens with zero attached hydrogens (tertiary/aromatic N) is 5. The Morgan fingerprint density at radius 3 is 1.60 bits per heavy atom. The van der Waals surface area contributed by atoms with Crippen LogP contribution in [0.2, 0.25) is 0 Å². The Bertz CT molecular complexity index is 3880. The van der Waals surface area contributed by atoms with Gasteiger partial charge in [0, 0.05) is 48.8 Å². The van der Waals surface area contributed by atoms with Gasteiger partial charge in [-0.15, -0.1) is 0 Å². The van der Waals surface area contributed by atoms with Gasteiger partial charge in [-0.1, -0.05) is 127 Å². The molecule has 6 heterocycles. The van der Waals surface area contributed by atoms with Crippen molar-refractivity contribution in [1.29, 1.82) is 0 Å². The number of hydrogen-bond acceptors (Lipinski definition) is 3. The van der Waals surface area contributed by atoms with Gasteiger partial charge in [-0.2, -0.15) is 4.98 Å². The number of para-hydroxylation sites is 6. The van der Waals surface area contributed by atoms with E-state index in [4.69, 9.17) is 14.4 Å². The summed E-state index contributed by atoms with van der Waals surface area (Å²) in [5.41, 5.74) is 14.7. The summed E-state index contributed by atoms with van der Waals surface area (Å²) in [7, 11) is 0. The number of rotatable bonds is 2. The molecule has 0 atom stereocenters. The second-order valence-corrected chi connectivity index (χ2v) is 15.3. The Labute approximate surface area is 330 Å². The molecule has 0 N–H and O–H groups in total. The van der Waals surface area contributed by atoms with Crippen LogP contribution in [-0.4, -0.2) is 23.7 Å². The molecule has 8 aromatic carbocycles. The van der Waals surface area contributed by atoms with Gasteiger partial charge in [0.25, 0.3) is 0 Å². The zero-order valence-electron chi connectivity index (χ0n) is 30.9. The Balaban J connectivity index is 1.24. The van der Waals surface area contributed by atoms with Crippen LogP contribution in [-0.2, 0) is 0 Å². The summed E-state index contributed by atoms with van der Waals surface area (Å²) in [5.74, 6) is 1.44. The van der Waals surface area contributed by atoms with Crippen molar-refractivity contribution < 1.29 is 4.42 Å². The highest BCUT2D eigenvalue weighted by molar-refractivity contribution is 6.28. The number of furan rings is 1. The molecule has 0 radical (unpaired) electrons. The van der Waals surface area contributed by atoms with Gasteiger partial charge in [0.15, 0.2) is 11.6 Å². The second-order valence-electron chi connectivity index (χ2n) is 15.3. The van der Waals surface area contributed by atoms with E-state index >= 15 is 0 Å². The minimum absolute atomic E-state index is 0.506. The molecule has 0 amide bonds. The van der Waals surface area contributed by atoms with Crippen molar-refractivity contribution in [3.05, 3.63) is 176 Å². The van der Waals surface area contributed by atoms with Gasteiger partial charge < -0.3 is 8.98 Å². The molecule has 0 bridgehead atoms. The molecule has 1 aliphatic rings. The SMILES string of the molecule is c1ccc2c(c1)-c1ccccc1-n1c3ccccc3c3cc4c(c-2c31)c1ccccc1n4-c1nc2c(nc1-n1c3ccccc3c3ccccc31)oc1ccccc12. The molecule has 1 aliphatic heterocycles. The van der Waals surface area contributed by atoms with Crippen LogP contribution >= 0.6 is 0 Å². The second kappa shape index (κ2) is 10.9. The first-order chi connectivity index (χ1) is 28.8. The zero-order valence-corrected chi connectivity index (χ0v) is 30.9. The third kappa shape index (κ3) is 3.72. The van der Waals surface area contributed by atoms with Crippen molar-refractivity contribution in [3.8, 4) is 39.6 Å². The summed E-state index contributed by atoms with van der Waals surface area (Å²) >= 11 is 0. The fourth-order valence-corrected chi connectivity index (χ4v) is 10.1. The molecule has 13 aromatic rings. The first kappa shape index (κ1) is 30.3. The maximum Gasteiger partial charge on any atom is 0.248 e. The minimum Gasteiger partial charge on any atom is -0.436 e. The first-order valence-corrected chi connectivity index (χ1v) is 19.7. The molecule has 0 saturated carbocycles. The van der Waals surface area contributed by atoms with Gasteiger partial charge in [0.2, 0.25) is 5.71 Å². The molecule has 268 valence electrons. The van der Waals surface area contributed by atoms with E-state index in [9.17, 15) is 0 Å². The van der Waals surface area contributed by atoms with E-state index < -0.39 is 0 Å². The minimum atomic E-state index is 0.506. The largest absolute Gasteiger partial charge is 0.436 e. The average molecular weight is 740 g/mol. The third-order valence-corrected chi connectivity index (χ3v) is 12.4. The van der Waals surface area contributed by atoms with Crippen molar-refractivity contribution in [2.45, 2.75) is 0 Å². The fraction of sp³-hybridized carbons (Fsp3) is 0. The topological polar surface area (TPSA) is 53.7 Å². The van der Waals surface area contributed by atoms with Crippen LogP contribution in [0.1, 0.15) is 0 Å². The summed E-state index contributed by atoms with van der Waals surface area (Å²) in [4.78, 5) is 11.2. The summed E-state index contributed by atoms with van der Waals surface area (Å²) in [6.07, 6.45) is 0. The van der Waals surface area contributed by atoms with Crippen LogP contribution in [0.3, 0.4) is 0 Å². The third-order valence-electron chi connectivity index (χ3n) is 12.4. The smallest absolute Gasteiger partial charge is 0.248 e. The quantitative estimate of drug-likeness (QED) is 0.177. The van der Waals surface area contributed by atoms with Gasteiger partial charge in [0.1, 0.15) is 11.1 Å². The maximum atomic E-state index is 6.50. The molecule has 6 heteroatoms. The Morgan fingerprint density at radius 1 is 0.379 bits per heavy atom. The number of fused-ring (bicyclic) bond motifs is 18. The molecule has 5 aromatic heterocycles. The molecular weight excluding hydrogens is 711 g/mol. The highest BCUT2D eigenvalue weighted by Crippen LogP contribution is 2.52. The zero-order chi connectivity index (χ0) is 37.6. The predicted octanol–water partition coefficient (Wildman–Crippen LogP) is 13.3. The lowest BCUT2D eigenvalue weighted by molar-refractivity contribution is 0.651. The molecular formula is C52H29N5O. The van der Waals surface area contributed by atoms with Gasteiger partial charge in [-0.25, -0.2) is 4.98 Å². The summed E-state index contributed by atoms with van der Waals surface area (Å²) in [6.45, 7) is 0. The molecule has 0 saturated heterocycles. The normalized spacial score (nSPS) is 12.5. The van der Waals surface area contributed by atoms with E-state index in [2.05, 4.69) is 171 Å². The van der Waals surface area contributed by atoms with E-state index in [1.807, 2.05) is 18.2 Å². The van der Waals surface area contributed by atoms with Crippen LogP contribution in [0.25, 0.3) is 127 Å². The fourth-order valence-electron chi connectivity index (χ4n) is 10.1. The van der Waals surface area contributed by atoms with E-state index in [0.717, 1.165) is 60.5 Å². The van der Waals surface area contributed by atoms with Gasteiger partial charge in [-0.05, 0) is 59.7 Å². The van der Waals surface area contributed by atoms with E-state index in [0.29, 0.717) is 11.5 Å². The van der Waals surface area contributed by atoms with Crippen LogP contribution < -0.4 is 0 Å². The van der Waals surface area contributed by atoms with Crippen LogP contribution in [0.15, 0.2) is 180 Å². The number of hydrogen-bond donors (Lipinski definition) is 0. The Hall–Kier alpha value is -7.96. The molecule has 6 nitrogen and oxygen atoms in total. The van der Waals surface area contributed by atoms with E-state index in [-0.39, 0.29) is 0 Å². The molecule has 0 unspecified atom stereocenters. The van der Waals surface area contributed by atoms with Gasteiger partial charge >= 0.3 is 0 Å². The van der Waals surface area contributed by atoms with Crippen molar-refractivity contribution in [2.75, 3.05) is 0 Å². The Kier molecular flexibility index (Phi) is 5.68. The van der Waals surface area contributed by atoms with Gasteiger partial charge in [-0.3, -0.25) is 9.13 Å². The van der Waals surface area contributed by atoms with E-state index in [1.54, 1.807) is 0 Å². The van der Waals surface area contributed by atoms with Crippen molar-refractivity contribution in [1.82, 2.24) is 23.7 Å². The highest BCUT2D eigenvalue weighted by atomic mass is 16.3. The van der Waals surface area contributed by atoms with Crippen molar-refractivity contribution in [3.63, 3.8) is 0 Å². The number of aromatic nitrogens is 5. The van der Waals surface area contributed by atoms with Crippen LogP contribution in [0, 0.1) is 0 Å². The Morgan fingerprint density at radius 2 is 0.879 bits per heavy atom. The number of benzene rings is 8. The van der Waals surface area contributed by atoms with Crippen LogP contribution in [0.5, 0.6) is 0 Å². The van der Waals surface area contributed by atoms with Crippen LogP contribution in [0.4, 0.5) is 0 Å². The van der Waals surface area contributed by atoms with Crippen molar-refractivity contribution in [2.24, 2.45) is 0 Å². The monoisotopic (exact) mass is 739 g/mol. The lowest BCUT2D eigenvalue weighted by Gasteiger charge is -2.15. The molecule has 0 fully saturated rings. The standard InChI is InChI=1S/C52H29N5O/c1-2-20-35-30(15-1)31-16-3-9-23-39(31)55-40-24-10-6-19-34(40)38-29-44-46(47(35)49(38)55)36-21-7-13-27-43(36)57(44)50-51(54-52-48(53-50)37-22-8-14-28-45(37)58-52)56-41-25-11-4-17-32(41)33-18-5-12-26-42(33)56/h1-29H. The molecule has 0 spiro atoms. The highest BCUT2D eigenvalue weighted by Gasteiger charge is 2.30. The van der Waals surface area contributed by atoms with Gasteiger partial charge in [0.05, 0.1) is 38.8 Å². The predicted molar refractivity (Wildman–Crippen MR) is 237 cm³/mol. The molecule has 14 rings (SSSR count). The average Bonchev–Trinajstić information content (AvgIpc) is 3.99. The molecule has 0 aliphatic carbocycles. The van der Waals surface area contributed by atoms with Crippen molar-refractivity contribution >= 4 is 87.6 Å². The molecule has 58 heavy (non-hydrogen) atoms. The summed E-state index contributed by atoms with van der Waals surface area (Å²) < 4.78 is 13.6. The summed E-state index contributed by atoms with van der Waals surface area (Å²) in [5, 5.41) is 7.97.